The SMILES string of the molecule is N#Cc1cn(C(=O)/C=C/c2ccc(-c3ccc(Cl)cc3Br)o2)c2ccccc12. The van der Waals surface area contributed by atoms with Gasteiger partial charge in [0.1, 0.15) is 17.6 Å². The number of hydrogen-bond acceptors (Lipinski definition) is 3. The lowest BCUT2D eigenvalue weighted by Gasteiger charge is -2.01. The normalized spacial score (nSPS) is 11.2. The first-order valence-corrected chi connectivity index (χ1v) is 9.52. The number of nitrogens with zero attached hydrogens (tertiary/aromatic N) is 2. The Balaban J connectivity index is 1.61. The van der Waals surface area contributed by atoms with E-state index in [1.54, 1.807) is 30.5 Å². The van der Waals surface area contributed by atoms with Crippen LogP contribution in [0.1, 0.15) is 16.1 Å². The largest absolute Gasteiger partial charge is 0.457 e. The predicted octanol–water partition coefficient (Wildman–Crippen LogP) is 6.54. The van der Waals surface area contributed by atoms with E-state index in [-0.39, 0.29) is 5.91 Å². The van der Waals surface area contributed by atoms with Crippen molar-refractivity contribution in [1.82, 2.24) is 4.57 Å². The van der Waals surface area contributed by atoms with Crippen LogP contribution in [0.5, 0.6) is 0 Å². The van der Waals surface area contributed by atoms with Gasteiger partial charge in [0, 0.05) is 32.7 Å². The van der Waals surface area contributed by atoms with Crippen molar-refractivity contribution in [3.05, 3.63) is 87.7 Å². The van der Waals surface area contributed by atoms with Crippen LogP contribution in [-0.4, -0.2) is 10.5 Å². The molecule has 136 valence electrons. The van der Waals surface area contributed by atoms with Crippen molar-refractivity contribution in [2.24, 2.45) is 0 Å². The van der Waals surface area contributed by atoms with E-state index < -0.39 is 0 Å². The fraction of sp³-hybridized carbons (Fsp3) is 0. The monoisotopic (exact) mass is 450 g/mol. The molecule has 0 fully saturated rings. The van der Waals surface area contributed by atoms with Gasteiger partial charge in [0.15, 0.2) is 0 Å². The van der Waals surface area contributed by atoms with Crippen LogP contribution in [0.2, 0.25) is 5.02 Å². The van der Waals surface area contributed by atoms with Crippen LogP contribution in [0, 0.1) is 11.3 Å². The molecule has 0 atom stereocenters. The van der Waals surface area contributed by atoms with Gasteiger partial charge in [0.2, 0.25) is 0 Å². The number of carbonyl (C=O) groups excluding carboxylic acids is 1. The Bertz CT molecular complexity index is 1280. The zero-order valence-corrected chi connectivity index (χ0v) is 16.7. The molecule has 4 nitrogen and oxygen atoms in total. The first kappa shape index (κ1) is 18.3. The quantitative estimate of drug-likeness (QED) is 0.332. The predicted molar refractivity (Wildman–Crippen MR) is 113 cm³/mol. The third-order valence-electron chi connectivity index (χ3n) is 4.28. The van der Waals surface area contributed by atoms with Gasteiger partial charge in [-0.3, -0.25) is 9.36 Å². The van der Waals surface area contributed by atoms with E-state index in [2.05, 4.69) is 22.0 Å². The fourth-order valence-electron chi connectivity index (χ4n) is 2.96. The number of halogens is 2. The summed E-state index contributed by atoms with van der Waals surface area (Å²) in [5, 5.41) is 10.6. The number of nitriles is 1. The molecule has 0 N–H and O–H groups in total. The molecule has 2 aromatic heterocycles. The number of carbonyl (C=O) groups is 1. The first-order valence-electron chi connectivity index (χ1n) is 8.34. The molecule has 4 rings (SSSR count). The van der Waals surface area contributed by atoms with Gasteiger partial charge >= 0.3 is 0 Å². The third-order valence-corrected chi connectivity index (χ3v) is 5.17. The van der Waals surface area contributed by atoms with Crippen LogP contribution in [0.15, 0.2) is 75.8 Å². The summed E-state index contributed by atoms with van der Waals surface area (Å²) in [5.41, 5.74) is 2.02. The molecule has 6 heteroatoms. The topological polar surface area (TPSA) is 58.9 Å². The second-order valence-electron chi connectivity index (χ2n) is 6.04. The Labute approximate surface area is 174 Å². The third kappa shape index (κ3) is 3.40. The first-order chi connectivity index (χ1) is 13.6. The molecule has 0 aliphatic heterocycles. The second-order valence-corrected chi connectivity index (χ2v) is 7.33. The van der Waals surface area contributed by atoms with E-state index in [1.807, 2.05) is 36.4 Å². The van der Waals surface area contributed by atoms with Crippen molar-refractivity contribution in [1.29, 1.82) is 5.26 Å². The Morgan fingerprint density at radius 3 is 2.79 bits per heavy atom. The molecular formula is C22H12BrClN2O2. The minimum absolute atomic E-state index is 0.261. The number of rotatable bonds is 3. The summed E-state index contributed by atoms with van der Waals surface area (Å²) in [6, 6.07) is 18.5. The summed E-state index contributed by atoms with van der Waals surface area (Å²) in [6.07, 6.45) is 4.58. The number of allylic oxidation sites excluding steroid dienone is 1. The highest BCUT2D eigenvalue weighted by Crippen LogP contribution is 2.32. The lowest BCUT2D eigenvalue weighted by molar-refractivity contribution is 0.0974. The van der Waals surface area contributed by atoms with Crippen molar-refractivity contribution in [2.75, 3.05) is 0 Å². The van der Waals surface area contributed by atoms with Crippen molar-refractivity contribution < 1.29 is 9.21 Å². The summed E-state index contributed by atoms with van der Waals surface area (Å²) in [4.78, 5) is 12.6. The lowest BCUT2D eigenvalue weighted by Crippen LogP contribution is -2.04. The van der Waals surface area contributed by atoms with Crippen LogP contribution in [-0.2, 0) is 0 Å². The van der Waals surface area contributed by atoms with Crippen LogP contribution >= 0.6 is 27.5 Å². The van der Waals surface area contributed by atoms with Gasteiger partial charge < -0.3 is 4.42 Å². The van der Waals surface area contributed by atoms with Crippen LogP contribution in [0.25, 0.3) is 28.3 Å². The molecule has 2 aromatic carbocycles. The van der Waals surface area contributed by atoms with E-state index in [0.717, 1.165) is 15.4 Å². The summed E-state index contributed by atoms with van der Waals surface area (Å²) in [5.74, 6) is 0.944. The molecule has 0 amide bonds. The van der Waals surface area contributed by atoms with Gasteiger partial charge in [-0.15, -0.1) is 0 Å². The molecule has 28 heavy (non-hydrogen) atoms. The Morgan fingerprint density at radius 2 is 2.00 bits per heavy atom. The summed E-state index contributed by atoms with van der Waals surface area (Å²) in [7, 11) is 0. The van der Waals surface area contributed by atoms with E-state index >= 15 is 0 Å². The van der Waals surface area contributed by atoms with Gasteiger partial charge in [-0.1, -0.05) is 29.8 Å². The molecule has 2 heterocycles. The number of fused-ring (bicyclic) bond motifs is 1. The maximum atomic E-state index is 12.6. The minimum atomic E-state index is -0.261. The number of furan rings is 1. The van der Waals surface area contributed by atoms with Gasteiger partial charge in [0.25, 0.3) is 5.91 Å². The number of benzene rings is 2. The van der Waals surface area contributed by atoms with Gasteiger partial charge in [-0.25, -0.2) is 0 Å². The highest BCUT2D eigenvalue weighted by atomic mass is 79.9. The van der Waals surface area contributed by atoms with Crippen LogP contribution < -0.4 is 0 Å². The molecule has 4 aromatic rings. The molecule has 0 saturated carbocycles. The summed E-state index contributed by atoms with van der Waals surface area (Å²) < 4.78 is 8.10. The maximum absolute atomic E-state index is 12.6. The van der Waals surface area contributed by atoms with Gasteiger partial charge in [-0.2, -0.15) is 5.26 Å². The number of hydrogen-bond donors (Lipinski definition) is 0. The fourth-order valence-corrected chi connectivity index (χ4v) is 3.84. The van der Waals surface area contributed by atoms with E-state index in [4.69, 9.17) is 16.0 Å². The lowest BCUT2D eigenvalue weighted by atomic mass is 10.2. The maximum Gasteiger partial charge on any atom is 0.255 e. The zero-order chi connectivity index (χ0) is 19.7. The highest BCUT2D eigenvalue weighted by Gasteiger charge is 2.12. The van der Waals surface area contributed by atoms with E-state index in [9.17, 15) is 10.1 Å². The number of para-hydroxylation sites is 1. The Hall–Kier alpha value is -3.07. The van der Waals surface area contributed by atoms with Crippen molar-refractivity contribution in [2.45, 2.75) is 0 Å². The number of aromatic nitrogens is 1. The van der Waals surface area contributed by atoms with E-state index in [0.29, 0.717) is 27.6 Å². The Kier molecular flexibility index (Phi) is 4.91. The molecule has 0 radical (unpaired) electrons. The van der Waals surface area contributed by atoms with E-state index in [1.165, 1.54) is 10.6 Å². The van der Waals surface area contributed by atoms with Crippen LogP contribution in [0.4, 0.5) is 0 Å². The standard InChI is InChI=1S/C22H12BrClN2O2/c23-19-11-15(24)5-8-18(19)21-9-6-16(28-21)7-10-22(27)26-13-14(12-25)17-3-1-2-4-20(17)26/h1-11,13H/b10-7+. The van der Waals surface area contributed by atoms with Gasteiger partial charge in [0.05, 0.1) is 11.1 Å². The molecule has 0 spiro atoms. The van der Waals surface area contributed by atoms with Crippen molar-refractivity contribution >= 4 is 50.4 Å². The highest BCUT2D eigenvalue weighted by molar-refractivity contribution is 9.10. The summed E-state index contributed by atoms with van der Waals surface area (Å²) in [6.45, 7) is 0. The smallest absolute Gasteiger partial charge is 0.255 e. The molecular weight excluding hydrogens is 440 g/mol. The summed E-state index contributed by atoms with van der Waals surface area (Å²) >= 11 is 9.45. The molecule has 0 saturated heterocycles. The van der Waals surface area contributed by atoms with Crippen LogP contribution in [0.3, 0.4) is 0 Å². The molecule has 0 aliphatic carbocycles. The van der Waals surface area contributed by atoms with Crippen molar-refractivity contribution in [3.8, 4) is 17.4 Å². The average Bonchev–Trinajstić information content (AvgIpc) is 3.31. The molecule has 0 aliphatic rings. The molecule has 0 bridgehead atoms. The zero-order valence-electron chi connectivity index (χ0n) is 14.4. The Morgan fingerprint density at radius 1 is 1.18 bits per heavy atom. The average molecular weight is 452 g/mol. The molecule has 0 unspecified atom stereocenters. The van der Waals surface area contributed by atoms with Crippen molar-refractivity contribution in [3.63, 3.8) is 0 Å². The second kappa shape index (κ2) is 7.51. The van der Waals surface area contributed by atoms with Gasteiger partial charge in [-0.05, 0) is 58.4 Å². The minimum Gasteiger partial charge on any atom is -0.457 e.